The molecule has 0 aliphatic rings. The van der Waals surface area contributed by atoms with Gasteiger partial charge < -0.3 is 15.4 Å². The fourth-order valence-electron chi connectivity index (χ4n) is 2.83. The fourth-order valence-corrected chi connectivity index (χ4v) is 3.89. The zero-order valence-corrected chi connectivity index (χ0v) is 18.0. The van der Waals surface area contributed by atoms with Crippen LogP contribution in [-0.2, 0) is 14.8 Å². The van der Waals surface area contributed by atoms with Crippen molar-refractivity contribution in [3.8, 4) is 5.75 Å². The molecule has 8 nitrogen and oxygen atoms in total. The van der Waals surface area contributed by atoms with Gasteiger partial charge in [0.15, 0.2) is 0 Å². The van der Waals surface area contributed by atoms with Gasteiger partial charge >= 0.3 is 0 Å². The smallest absolute Gasteiger partial charge is 0.262 e. The van der Waals surface area contributed by atoms with E-state index in [0.29, 0.717) is 16.9 Å². The van der Waals surface area contributed by atoms with Gasteiger partial charge in [-0.2, -0.15) is 0 Å². The van der Waals surface area contributed by atoms with Crippen LogP contribution in [0, 0.1) is 5.82 Å². The number of hydrogen-bond acceptors (Lipinski definition) is 5. The molecule has 0 saturated heterocycles. The van der Waals surface area contributed by atoms with E-state index in [2.05, 4.69) is 15.4 Å². The molecule has 0 spiro atoms. The predicted molar refractivity (Wildman–Crippen MR) is 119 cm³/mol. The molecule has 3 N–H and O–H groups in total. The molecule has 0 radical (unpaired) electrons. The molecule has 3 rings (SSSR count). The number of nitrogens with one attached hydrogen (secondary N) is 3. The first-order valence-corrected chi connectivity index (χ1v) is 10.8. The van der Waals surface area contributed by atoms with Crippen molar-refractivity contribution in [2.75, 3.05) is 22.5 Å². The highest BCUT2D eigenvalue weighted by Gasteiger charge is 2.18. The average molecular weight is 457 g/mol. The van der Waals surface area contributed by atoms with E-state index in [1.807, 2.05) is 0 Å². The number of anilines is 3. The summed E-state index contributed by atoms with van der Waals surface area (Å²) in [6.07, 6.45) is 0. The Morgan fingerprint density at radius 2 is 1.59 bits per heavy atom. The number of methoxy groups -OCH3 is 1. The Balaban J connectivity index is 1.84. The Labute approximate surface area is 184 Å². The van der Waals surface area contributed by atoms with Gasteiger partial charge in [0.25, 0.3) is 15.9 Å². The van der Waals surface area contributed by atoms with Crippen LogP contribution in [0.25, 0.3) is 0 Å². The molecule has 0 aromatic heterocycles. The lowest BCUT2D eigenvalue weighted by atomic mass is 10.1. The van der Waals surface area contributed by atoms with Crippen molar-refractivity contribution in [1.29, 1.82) is 0 Å². The summed E-state index contributed by atoms with van der Waals surface area (Å²) in [5.41, 5.74) is 1.15. The number of benzene rings is 3. The van der Waals surface area contributed by atoms with Crippen LogP contribution in [0.4, 0.5) is 21.5 Å². The molecule has 2 amide bonds. The van der Waals surface area contributed by atoms with Crippen LogP contribution in [0.2, 0.25) is 0 Å². The molecule has 166 valence electrons. The maximum atomic E-state index is 13.1. The molecule has 10 heteroatoms. The summed E-state index contributed by atoms with van der Waals surface area (Å²) in [4.78, 5) is 23.7. The minimum Gasteiger partial charge on any atom is -0.495 e. The number of carbonyl (C=O) groups is 2. The van der Waals surface area contributed by atoms with Crippen molar-refractivity contribution in [2.45, 2.75) is 11.8 Å². The molecule has 0 bridgehead atoms. The Bertz CT molecular complexity index is 1260. The molecule has 0 aliphatic heterocycles. The second kappa shape index (κ2) is 9.48. The van der Waals surface area contributed by atoms with Gasteiger partial charge in [0, 0.05) is 23.9 Å². The highest BCUT2D eigenvalue weighted by molar-refractivity contribution is 7.92. The third kappa shape index (κ3) is 5.61. The van der Waals surface area contributed by atoms with Crippen LogP contribution in [0.5, 0.6) is 5.75 Å². The third-order valence-electron chi connectivity index (χ3n) is 4.27. The second-order valence-electron chi connectivity index (χ2n) is 6.69. The van der Waals surface area contributed by atoms with E-state index in [0.717, 1.165) is 24.3 Å². The summed E-state index contributed by atoms with van der Waals surface area (Å²) in [5, 5.41) is 5.27. The van der Waals surface area contributed by atoms with Crippen LogP contribution in [0.15, 0.2) is 71.6 Å². The molecular weight excluding hydrogens is 437 g/mol. The van der Waals surface area contributed by atoms with Gasteiger partial charge in [-0.15, -0.1) is 0 Å². The summed E-state index contributed by atoms with van der Waals surface area (Å²) in [6, 6.07) is 15.1. The number of sulfonamides is 1. The van der Waals surface area contributed by atoms with Gasteiger partial charge in [-0.1, -0.05) is 6.07 Å². The molecule has 0 atom stereocenters. The first-order valence-electron chi connectivity index (χ1n) is 9.33. The van der Waals surface area contributed by atoms with Crippen LogP contribution >= 0.6 is 0 Å². The molecule has 0 fully saturated rings. The van der Waals surface area contributed by atoms with Crippen molar-refractivity contribution in [3.05, 3.63) is 78.1 Å². The van der Waals surface area contributed by atoms with Gasteiger partial charge in [-0.05, 0) is 60.7 Å². The van der Waals surface area contributed by atoms with Gasteiger partial charge in [0.05, 0.1) is 17.7 Å². The summed E-state index contributed by atoms with van der Waals surface area (Å²) in [7, 11) is -2.65. The number of rotatable bonds is 7. The summed E-state index contributed by atoms with van der Waals surface area (Å²) >= 11 is 0. The Kier molecular flexibility index (Phi) is 6.74. The lowest BCUT2D eigenvalue weighted by Crippen LogP contribution is -2.15. The zero-order chi connectivity index (χ0) is 23.3. The largest absolute Gasteiger partial charge is 0.495 e. The monoisotopic (exact) mass is 457 g/mol. The first kappa shape index (κ1) is 22.8. The summed E-state index contributed by atoms with van der Waals surface area (Å²) in [6.45, 7) is 1.36. The van der Waals surface area contributed by atoms with E-state index in [1.165, 1.54) is 32.2 Å². The van der Waals surface area contributed by atoms with Gasteiger partial charge in [0.1, 0.15) is 11.6 Å². The number of halogens is 1. The first-order chi connectivity index (χ1) is 15.2. The number of amides is 2. The van der Waals surface area contributed by atoms with E-state index in [4.69, 9.17) is 4.74 Å². The molecule has 3 aromatic carbocycles. The van der Waals surface area contributed by atoms with Gasteiger partial charge in [-0.25, -0.2) is 12.8 Å². The van der Waals surface area contributed by atoms with Crippen molar-refractivity contribution in [1.82, 2.24) is 0 Å². The van der Waals surface area contributed by atoms with Crippen LogP contribution in [0.3, 0.4) is 0 Å². The molecule has 0 saturated carbocycles. The average Bonchev–Trinajstić information content (AvgIpc) is 2.74. The highest BCUT2D eigenvalue weighted by Crippen LogP contribution is 2.30. The number of hydrogen-bond donors (Lipinski definition) is 3. The van der Waals surface area contributed by atoms with Crippen LogP contribution in [-0.4, -0.2) is 27.3 Å². The van der Waals surface area contributed by atoms with Crippen molar-refractivity contribution in [3.63, 3.8) is 0 Å². The van der Waals surface area contributed by atoms with Crippen molar-refractivity contribution >= 4 is 38.9 Å². The highest BCUT2D eigenvalue weighted by atomic mass is 32.2. The zero-order valence-electron chi connectivity index (χ0n) is 17.2. The standard InChI is InChI=1S/C22H20FN3O5S/c1-14(27)24-17-5-3-4-15(12-17)22(28)25-18-8-11-21(31-2)20(13-18)26-32(29,30)19-9-6-16(23)7-10-19/h3-13,26H,1-2H3,(H,24,27)(H,25,28). The topological polar surface area (TPSA) is 114 Å². The SMILES string of the molecule is COc1ccc(NC(=O)c2cccc(NC(C)=O)c2)cc1NS(=O)(=O)c1ccc(F)cc1. The minimum absolute atomic E-state index is 0.0848. The second-order valence-corrected chi connectivity index (χ2v) is 8.37. The molecule has 0 heterocycles. The molecule has 3 aromatic rings. The maximum Gasteiger partial charge on any atom is 0.262 e. The summed E-state index contributed by atoms with van der Waals surface area (Å²) < 4.78 is 46.0. The Morgan fingerprint density at radius 3 is 2.25 bits per heavy atom. The normalized spacial score (nSPS) is 10.8. The van der Waals surface area contributed by atoms with Crippen molar-refractivity contribution in [2.24, 2.45) is 0 Å². The van der Waals surface area contributed by atoms with E-state index >= 15 is 0 Å². The van der Waals surface area contributed by atoms with Crippen LogP contribution < -0.4 is 20.1 Å². The lowest BCUT2D eigenvalue weighted by molar-refractivity contribution is -0.114. The van der Waals surface area contributed by atoms with E-state index in [9.17, 15) is 22.4 Å². The minimum atomic E-state index is -4.03. The molecule has 0 aliphatic carbocycles. The van der Waals surface area contributed by atoms with Gasteiger partial charge in [-0.3, -0.25) is 14.3 Å². The Morgan fingerprint density at radius 1 is 0.906 bits per heavy atom. The molecule has 32 heavy (non-hydrogen) atoms. The maximum absolute atomic E-state index is 13.1. The van der Waals surface area contributed by atoms with E-state index < -0.39 is 21.7 Å². The van der Waals surface area contributed by atoms with E-state index in [1.54, 1.807) is 24.3 Å². The van der Waals surface area contributed by atoms with Gasteiger partial charge in [0.2, 0.25) is 5.91 Å². The number of ether oxygens (including phenoxy) is 1. The Hall–Kier alpha value is -3.92. The number of carbonyl (C=O) groups excluding carboxylic acids is 2. The molecule has 0 unspecified atom stereocenters. The van der Waals surface area contributed by atoms with Crippen molar-refractivity contribution < 1.29 is 27.1 Å². The third-order valence-corrected chi connectivity index (χ3v) is 5.65. The quantitative estimate of drug-likeness (QED) is 0.499. The summed E-state index contributed by atoms with van der Waals surface area (Å²) in [5.74, 6) is -1.07. The molecular formula is C22H20FN3O5S. The predicted octanol–water partition coefficient (Wildman–Crippen LogP) is 3.85. The van der Waals surface area contributed by atoms with E-state index in [-0.39, 0.29) is 22.2 Å². The lowest BCUT2D eigenvalue weighted by Gasteiger charge is -2.14. The van der Waals surface area contributed by atoms with Crippen LogP contribution in [0.1, 0.15) is 17.3 Å². The fraction of sp³-hybridized carbons (Fsp3) is 0.0909.